The Morgan fingerprint density at radius 2 is 1.93 bits per heavy atom. The Morgan fingerprint density at radius 1 is 1.21 bits per heavy atom. The van der Waals surface area contributed by atoms with Crippen LogP contribution in [0.1, 0.15) is 23.3 Å². The first kappa shape index (κ1) is 18.7. The number of rotatable bonds is 4. The van der Waals surface area contributed by atoms with E-state index in [0.717, 1.165) is 36.1 Å². The van der Waals surface area contributed by atoms with Crippen LogP contribution in [0.2, 0.25) is 5.02 Å². The summed E-state index contributed by atoms with van der Waals surface area (Å²) in [5, 5.41) is 3.02. The number of carbonyl (C=O) groups excluding carboxylic acids is 1. The monoisotopic (exact) mass is 402 g/mol. The topological polar surface area (TPSA) is 58.9 Å². The van der Waals surface area contributed by atoms with Crippen LogP contribution in [-0.4, -0.2) is 46.4 Å². The Kier molecular flexibility index (Phi) is 5.19. The van der Waals surface area contributed by atoms with Crippen LogP contribution in [0.3, 0.4) is 0 Å². The average molecular weight is 403 g/mol. The van der Waals surface area contributed by atoms with E-state index in [1.54, 1.807) is 36.4 Å². The molecular weight excluding hydrogens is 383 g/mol. The molecule has 0 aliphatic carbocycles. The molecule has 0 bridgehead atoms. The second-order valence-corrected chi connectivity index (χ2v) is 7.36. The second-order valence-electron chi connectivity index (χ2n) is 6.93. The van der Waals surface area contributed by atoms with E-state index in [1.807, 2.05) is 0 Å². The third-order valence-electron chi connectivity index (χ3n) is 4.82. The van der Waals surface area contributed by atoms with Crippen molar-refractivity contribution in [2.75, 3.05) is 25.5 Å². The van der Waals surface area contributed by atoms with Gasteiger partial charge in [-0.2, -0.15) is 4.39 Å². The van der Waals surface area contributed by atoms with Crippen LogP contribution in [0.25, 0.3) is 5.65 Å². The predicted molar refractivity (Wildman–Crippen MR) is 106 cm³/mol. The van der Waals surface area contributed by atoms with Gasteiger partial charge in [0, 0.05) is 25.0 Å². The fraction of sp³-hybridized carbons (Fsp3) is 0.300. The largest absolute Gasteiger partial charge is 0.490 e. The number of halogens is 2. The van der Waals surface area contributed by atoms with E-state index in [4.69, 9.17) is 16.3 Å². The van der Waals surface area contributed by atoms with Gasteiger partial charge in [0.25, 0.3) is 5.91 Å². The zero-order chi connectivity index (χ0) is 19.7. The number of fused-ring (bicyclic) bond motifs is 1. The normalized spacial score (nSPS) is 15.7. The van der Waals surface area contributed by atoms with Gasteiger partial charge in [-0.25, -0.2) is 4.98 Å². The molecule has 1 amide bonds. The lowest BCUT2D eigenvalue weighted by Gasteiger charge is -2.29. The second kappa shape index (κ2) is 7.77. The summed E-state index contributed by atoms with van der Waals surface area (Å²) in [4.78, 5) is 18.7. The van der Waals surface area contributed by atoms with Crippen LogP contribution in [0.5, 0.6) is 5.75 Å². The van der Waals surface area contributed by atoms with Crippen LogP contribution >= 0.6 is 11.6 Å². The molecule has 1 saturated heterocycles. The molecule has 28 heavy (non-hydrogen) atoms. The van der Waals surface area contributed by atoms with Crippen molar-refractivity contribution in [3.05, 3.63) is 59.3 Å². The Morgan fingerprint density at radius 3 is 2.64 bits per heavy atom. The van der Waals surface area contributed by atoms with Crippen molar-refractivity contribution in [2.24, 2.45) is 0 Å². The van der Waals surface area contributed by atoms with Gasteiger partial charge in [-0.15, -0.1) is 0 Å². The summed E-state index contributed by atoms with van der Waals surface area (Å²) < 4.78 is 21.6. The number of nitrogens with one attached hydrogen (secondary N) is 1. The fourth-order valence-corrected chi connectivity index (χ4v) is 3.40. The van der Waals surface area contributed by atoms with Crippen LogP contribution in [-0.2, 0) is 0 Å². The Hall–Kier alpha value is -2.64. The lowest BCUT2D eigenvalue weighted by molar-refractivity contribution is 0.101. The molecule has 1 N–H and O–H groups in total. The number of likely N-dealkylation sites (tertiary alicyclic amines) is 1. The maximum atomic E-state index is 14.5. The minimum Gasteiger partial charge on any atom is -0.490 e. The van der Waals surface area contributed by atoms with E-state index in [9.17, 15) is 9.18 Å². The smallest absolute Gasteiger partial charge is 0.279 e. The van der Waals surface area contributed by atoms with E-state index in [2.05, 4.69) is 22.2 Å². The molecule has 0 unspecified atom stereocenters. The number of benzene rings is 1. The molecule has 1 aromatic carbocycles. The summed E-state index contributed by atoms with van der Waals surface area (Å²) in [6.07, 6.45) is 3.57. The quantitative estimate of drug-likeness (QED) is 0.720. The zero-order valence-corrected chi connectivity index (χ0v) is 16.1. The van der Waals surface area contributed by atoms with Crippen LogP contribution in [0.4, 0.5) is 10.1 Å². The van der Waals surface area contributed by atoms with E-state index in [1.165, 1.54) is 6.20 Å². The first-order valence-corrected chi connectivity index (χ1v) is 9.47. The van der Waals surface area contributed by atoms with Gasteiger partial charge in [0.05, 0.1) is 5.02 Å². The number of amides is 1. The number of pyridine rings is 1. The maximum Gasteiger partial charge on any atom is 0.279 e. The minimum atomic E-state index is -0.753. The number of hydrogen-bond acceptors (Lipinski definition) is 4. The molecule has 6 nitrogen and oxygen atoms in total. The van der Waals surface area contributed by atoms with Gasteiger partial charge in [-0.1, -0.05) is 11.6 Å². The van der Waals surface area contributed by atoms with Gasteiger partial charge in [0.15, 0.2) is 5.69 Å². The first-order valence-electron chi connectivity index (χ1n) is 9.09. The van der Waals surface area contributed by atoms with Gasteiger partial charge < -0.3 is 15.0 Å². The number of aromatic nitrogens is 2. The van der Waals surface area contributed by atoms with E-state index in [0.29, 0.717) is 16.4 Å². The lowest BCUT2D eigenvalue weighted by atomic mass is 10.1. The fourth-order valence-electron chi connectivity index (χ4n) is 3.24. The number of anilines is 1. The van der Waals surface area contributed by atoms with Gasteiger partial charge in [0.2, 0.25) is 5.95 Å². The number of imidazole rings is 1. The summed E-state index contributed by atoms with van der Waals surface area (Å²) in [5.74, 6) is -0.625. The van der Waals surface area contributed by atoms with E-state index < -0.39 is 11.9 Å². The first-order chi connectivity index (χ1) is 13.5. The molecule has 8 heteroatoms. The van der Waals surface area contributed by atoms with Gasteiger partial charge in [0.1, 0.15) is 17.5 Å². The van der Waals surface area contributed by atoms with Crippen molar-refractivity contribution in [3.63, 3.8) is 0 Å². The number of carbonyl (C=O) groups is 1. The lowest BCUT2D eigenvalue weighted by Crippen LogP contribution is -2.35. The molecule has 1 fully saturated rings. The highest BCUT2D eigenvalue weighted by Gasteiger charge is 2.20. The van der Waals surface area contributed by atoms with Gasteiger partial charge in [-0.3, -0.25) is 9.20 Å². The highest BCUT2D eigenvalue weighted by atomic mass is 35.5. The van der Waals surface area contributed by atoms with Crippen molar-refractivity contribution in [3.8, 4) is 5.75 Å². The summed E-state index contributed by atoms with van der Waals surface area (Å²) in [6, 6.07) is 10.2. The number of piperidine rings is 1. The molecule has 4 rings (SSSR count). The molecule has 0 saturated carbocycles. The standard InChI is InChI=1S/C20H20ClFN4O2/c1-25-10-8-16(9-11-25)28-15-5-3-14(4-6-15)23-20(27)18-19(22)26-12-13(21)2-7-17(26)24-18/h2-7,12,16H,8-11H2,1H3,(H,23,27). The predicted octanol–water partition coefficient (Wildman–Crippen LogP) is 3.85. The maximum absolute atomic E-state index is 14.5. The highest BCUT2D eigenvalue weighted by Crippen LogP contribution is 2.22. The molecular formula is C20H20ClFN4O2. The molecule has 3 heterocycles. The molecule has 2 aromatic heterocycles. The van der Waals surface area contributed by atoms with Crippen LogP contribution < -0.4 is 10.1 Å². The SMILES string of the molecule is CN1CCC(Oc2ccc(NC(=O)c3nc4ccc(Cl)cn4c3F)cc2)CC1. The summed E-state index contributed by atoms with van der Waals surface area (Å²) >= 11 is 5.87. The molecule has 3 aromatic rings. The van der Waals surface area contributed by atoms with E-state index >= 15 is 0 Å². The molecule has 1 aliphatic rings. The van der Waals surface area contributed by atoms with E-state index in [-0.39, 0.29) is 11.8 Å². The molecule has 146 valence electrons. The third kappa shape index (κ3) is 3.95. The zero-order valence-electron chi connectivity index (χ0n) is 15.4. The number of ether oxygens (including phenoxy) is 1. The average Bonchev–Trinajstić information content (AvgIpc) is 3.01. The van der Waals surface area contributed by atoms with Crippen LogP contribution in [0, 0.1) is 5.95 Å². The summed E-state index contributed by atoms with van der Waals surface area (Å²) in [5.41, 5.74) is 0.568. The molecule has 0 radical (unpaired) electrons. The summed E-state index contributed by atoms with van der Waals surface area (Å²) in [6.45, 7) is 2.04. The molecule has 0 spiro atoms. The number of hydrogen-bond donors (Lipinski definition) is 1. The highest BCUT2D eigenvalue weighted by molar-refractivity contribution is 6.30. The molecule has 0 atom stereocenters. The van der Waals surface area contributed by atoms with Gasteiger partial charge in [-0.05, 0) is 56.3 Å². The number of nitrogens with zero attached hydrogens (tertiary/aromatic N) is 3. The van der Waals surface area contributed by atoms with Crippen molar-refractivity contribution < 1.29 is 13.9 Å². The Labute approximate surface area is 166 Å². The van der Waals surface area contributed by atoms with Crippen molar-refractivity contribution in [1.82, 2.24) is 14.3 Å². The molecule has 1 aliphatic heterocycles. The Bertz CT molecular complexity index is 997. The van der Waals surface area contributed by atoms with Crippen molar-refractivity contribution in [1.29, 1.82) is 0 Å². The Balaban J connectivity index is 1.43. The van der Waals surface area contributed by atoms with Crippen LogP contribution in [0.15, 0.2) is 42.6 Å². The van der Waals surface area contributed by atoms with Crippen molar-refractivity contribution in [2.45, 2.75) is 18.9 Å². The third-order valence-corrected chi connectivity index (χ3v) is 5.04. The summed E-state index contributed by atoms with van der Waals surface area (Å²) in [7, 11) is 2.11. The minimum absolute atomic E-state index is 0.204. The van der Waals surface area contributed by atoms with Crippen molar-refractivity contribution >= 4 is 28.8 Å². The van der Waals surface area contributed by atoms with Gasteiger partial charge >= 0.3 is 0 Å².